The molecule has 1 aliphatic rings. The van der Waals surface area contributed by atoms with Crippen molar-refractivity contribution in [2.45, 2.75) is 45.3 Å². The quantitative estimate of drug-likeness (QED) is 0.240. The van der Waals surface area contributed by atoms with E-state index in [-0.39, 0.29) is 11.6 Å². The number of rotatable bonds is 8. The molecule has 0 unspecified atom stereocenters. The van der Waals surface area contributed by atoms with Crippen LogP contribution in [-0.2, 0) is 22.3 Å². The number of fused-ring (bicyclic) bond motifs is 1. The second-order valence-corrected chi connectivity index (χ2v) is 8.72. The molecule has 0 saturated carbocycles. The van der Waals surface area contributed by atoms with E-state index in [4.69, 9.17) is 9.47 Å². The lowest BCUT2D eigenvalue weighted by Gasteiger charge is -2.29. The van der Waals surface area contributed by atoms with E-state index in [2.05, 4.69) is 10.8 Å². The molecule has 0 amide bonds. The summed E-state index contributed by atoms with van der Waals surface area (Å²) in [4.78, 5) is 0. The summed E-state index contributed by atoms with van der Waals surface area (Å²) in [7, 11) is 0. The first-order chi connectivity index (χ1) is 16.8. The summed E-state index contributed by atoms with van der Waals surface area (Å²) in [5.74, 6) is -0.194. The van der Waals surface area contributed by atoms with Crippen molar-refractivity contribution < 1.29 is 31.8 Å². The highest BCUT2D eigenvalue weighted by Crippen LogP contribution is 2.31. The highest BCUT2D eigenvalue weighted by molar-refractivity contribution is 5.84. The molecule has 1 saturated heterocycles. The van der Waals surface area contributed by atoms with Crippen LogP contribution in [0.5, 0.6) is 5.75 Å². The maximum atomic E-state index is 15.2. The van der Waals surface area contributed by atoms with Gasteiger partial charge in [0.2, 0.25) is 0 Å². The Morgan fingerprint density at radius 1 is 0.971 bits per heavy atom. The lowest BCUT2D eigenvalue weighted by atomic mass is 9.98. The van der Waals surface area contributed by atoms with Crippen LogP contribution in [0.3, 0.4) is 0 Å². The Labute approximate surface area is 202 Å². The zero-order chi connectivity index (χ0) is 24.8. The average Bonchev–Trinajstić information content (AvgIpc) is 2.84. The summed E-state index contributed by atoms with van der Waals surface area (Å²) in [6.45, 7) is 3.28. The molecule has 0 aromatic heterocycles. The van der Waals surface area contributed by atoms with Crippen molar-refractivity contribution in [1.82, 2.24) is 0 Å². The first-order valence-electron chi connectivity index (χ1n) is 11.7. The van der Waals surface area contributed by atoms with Crippen molar-refractivity contribution in [1.29, 1.82) is 0 Å². The molecule has 0 N–H and O–H groups in total. The second-order valence-electron chi connectivity index (χ2n) is 8.72. The van der Waals surface area contributed by atoms with E-state index in [0.29, 0.717) is 42.9 Å². The molecule has 0 atom stereocenters. The first-order valence-corrected chi connectivity index (χ1v) is 11.7. The number of alkyl halides is 3. The zero-order valence-corrected chi connectivity index (χ0v) is 19.5. The Morgan fingerprint density at radius 3 is 2.40 bits per heavy atom. The van der Waals surface area contributed by atoms with Crippen LogP contribution in [0.25, 0.3) is 10.8 Å². The molecular weight excluding hydrogens is 460 g/mol. The van der Waals surface area contributed by atoms with Crippen LogP contribution in [-0.4, -0.2) is 19.6 Å². The monoisotopic (exact) mass is 488 g/mol. The topological polar surface area (TPSA) is 27.7 Å². The van der Waals surface area contributed by atoms with Crippen molar-refractivity contribution in [2.24, 2.45) is 5.92 Å². The largest absolute Gasteiger partial charge is 0.573 e. The molecular formula is C28H28F4O3. The fraction of sp³-hybridized carbons (Fsp3) is 0.357. The lowest BCUT2D eigenvalue weighted by Crippen LogP contribution is -2.27. The maximum Gasteiger partial charge on any atom is 0.573 e. The molecule has 0 radical (unpaired) electrons. The van der Waals surface area contributed by atoms with Crippen LogP contribution in [0.2, 0.25) is 0 Å². The van der Waals surface area contributed by atoms with E-state index in [1.54, 1.807) is 24.3 Å². The van der Waals surface area contributed by atoms with Crippen LogP contribution in [0.1, 0.15) is 42.7 Å². The van der Waals surface area contributed by atoms with E-state index in [1.165, 1.54) is 12.1 Å². The van der Waals surface area contributed by atoms with Gasteiger partial charge < -0.3 is 14.2 Å². The molecule has 186 valence electrons. The average molecular weight is 489 g/mol. The van der Waals surface area contributed by atoms with Gasteiger partial charge in [0.15, 0.2) is 6.29 Å². The number of allylic oxidation sites excluding steroid dienone is 2. The number of halogens is 4. The SMILES string of the molecule is C/C=C/CCC1COC(c2ccc3c(F)c(CCc4ccc(OC(F)(F)F)cc4)ccc3c2)OC1. The van der Waals surface area contributed by atoms with Crippen molar-refractivity contribution in [3.05, 3.63) is 89.3 Å². The molecule has 1 fully saturated rings. The molecule has 0 aliphatic carbocycles. The minimum Gasteiger partial charge on any atom is -0.406 e. The summed E-state index contributed by atoms with van der Waals surface area (Å²) in [6, 6.07) is 14.7. The summed E-state index contributed by atoms with van der Waals surface area (Å²) >= 11 is 0. The summed E-state index contributed by atoms with van der Waals surface area (Å²) < 4.78 is 67.8. The molecule has 3 aromatic carbocycles. The van der Waals surface area contributed by atoms with Gasteiger partial charge in [-0.25, -0.2) is 4.39 Å². The lowest BCUT2D eigenvalue weighted by molar-refractivity contribution is -0.274. The fourth-order valence-corrected chi connectivity index (χ4v) is 4.23. The van der Waals surface area contributed by atoms with Gasteiger partial charge in [0.05, 0.1) is 13.2 Å². The van der Waals surface area contributed by atoms with Crippen molar-refractivity contribution in [3.8, 4) is 5.75 Å². The minimum atomic E-state index is -4.72. The van der Waals surface area contributed by atoms with E-state index >= 15 is 4.39 Å². The standard InChI is InChI=1S/C28H28F4O3/c1-2-3-4-5-20-17-33-27(34-18-20)23-12-15-25-22(16-23)11-10-21(26(25)29)9-6-19-7-13-24(14-8-19)35-28(30,31)32/h2-3,7-8,10-16,20,27H,4-6,9,17-18H2,1H3/b3-2+. The van der Waals surface area contributed by atoms with Gasteiger partial charge in [-0.05, 0) is 67.3 Å². The molecule has 0 spiro atoms. The third-order valence-electron chi connectivity index (χ3n) is 6.11. The molecule has 7 heteroatoms. The molecule has 4 rings (SSSR count). The van der Waals surface area contributed by atoms with Crippen molar-refractivity contribution in [2.75, 3.05) is 13.2 Å². The zero-order valence-electron chi connectivity index (χ0n) is 19.5. The highest BCUT2D eigenvalue weighted by atomic mass is 19.4. The van der Waals surface area contributed by atoms with Gasteiger partial charge in [-0.2, -0.15) is 0 Å². The molecule has 1 heterocycles. The van der Waals surface area contributed by atoms with E-state index in [1.807, 2.05) is 31.2 Å². The van der Waals surface area contributed by atoms with E-state index in [9.17, 15) is 13.2 Å². The molecule has 3 aromatic rings. The Hall–Kier alpha value is -2.90. The van der Waals surface area contributed by atoms with Crippen LogP contribution >= 0.6 is 0 Å². The van der Waals surface area contributed by atoms with Crippen LogP contribution in [0.15, 0.2) is 66.7 Å². The van der Waals surface area contributed by atoms with Gasteiger partial charge in [0, 0.05) is 16.9 Å². The third kappa shape index (κ3) is 6.83. The van der Waals surface area contributed by atoms with Gasteiger partial charge in [-0.15, -0.1) is 13.2 Å². The number of hydrogen-bond donors (Lipinski definition) is 0. The number of ether oxygens (including phenoxy) is 3. The van der Waals surface area contributed by atoms with Gasteiger partial charge in [0.1, 0.15) is 11.6 Å². The van der Waals surface area contributed by atoms with Crippen LogP contribution in [0.4, 0.5) is 17.6 Å². The molecule has 3 nitrogen and oxygen atoms in total. The van der Waals surface area contributed by atoms with Gasteiger partial charge in [-0.3, -0.25) is 0 Å². The van der Waals surface area contributed by atoms with Gasteiger partial charge in [-0.1, -0.05) is 48.6 Å². The summed E-state index contributed by atoms with van der Waals surface area (Å²) in [5, 5.41) is 1.28. The maximum absolute atomic E-state index is 15.2. The van der Waals surface area contributed by atoms with Crippen molar-refractivity contribution >= 4 is 10.8 Å². The highest BCUT2D eigenvalue weighted by Gasteiger charge is 2.31. The predicted molar refractivity (Wildman–Crippen MR) is 127 cm³/mol. The Bertz CT molecular complexity index is 1150. The predicted octanol–water partition coefficient (Wildman–Crippen LogP) is 7.68. The summed E-state index contributed by atoms with van der Waals surface area (Å²) in [5.41, 5.74) is 2.21. The van der Waals surface area contributed by atoms with Crippen molar-refractivity contribution in [3.63, 3.8) is 0 Å². The van der Waals surface area contributed by atoms with Gasteiger partial charge in [0.25, 0.3) is 0 Å². The smallest absolute Gasteiger partial charge is 0.406 e. The number of aryl methyl sites for hydroxylation is 2. The van der Waals surface area contributed by atoms with Crippen LogP contribution < -0.4 is 4.74 Å². The van der Waals surface area contributed by atoms with E-state index in [0.717, 1.165) is 29.4 Å². The number of hydrogen-bond acceptors (Lipinski definition) is 3. The van der Waals surface area contributed by atoms with Crippen LogP contribution in [0, 0.1) is 11.7 Å². The Kier molecular flexibility index (Phi) is 8.08. The first kappa shape index (κ1) is 25.2. The minimum absolute atomic E-state index is 0.274. The van der Waals surface area contributed by atoms with Gasteiger partial charge >= 0.3 is 6.36 Å². The second kappa shape index (κ2) is 11.2. The Morgan fingerprint density at radius 2 is 1.71 bits per heavy atom. The molecule has 35 heavy (non-hydrogen) atoms. The number of benzene rings is 3. The summed E-state index contributed by atoms with van der Waals surface area (Å²) in [6.07, 6.45) is 1.95. The molecule has 1 aliphatic heterocycles. The molecule has 0 bridgehead atoms. The third-order valence-corrected chi connectivity index (χ3v) is 6.11. The normalized spacial score (nSPS) is 18.9. The Balaban J connectivity index is 1.38. The van der Waals surface area contributed by atoms with E-state index < -0.39 is 12.7 Å². The fourth-order valence-electron chi connectivity index (χ4n) is 4.23.